The topological polar surface area (TPSA) is 66.8 Å². The molecule has 2 rings (SSSR count). The molecule has 0 spiro atoms. The average molecular weight is 263 g/mol. The van der Waals surface area contributed by atoms with Gasteiger partial charge in [0.15, 0.2) is 5.78 Å². The van der Waals surface area contributed by atoms with Crippen LogP contribution in [0.15, 0.2) is 24.3 Å². The van der Waals surface area contributed by atoms with Crippen molar-refractivity contribution in [1.29, 1.82) is 0 Å². The number of benzene rings is 1. The standard InChI is InChI=1S/C14H17NO4/c1-8(16)12-13(9(2)17)15(14(12)18)10-4-6-11(19-3)7-5-10/h4-8,12-13,16H,1-3H3/t8?,12-,13-/m0/s1. The summed E-state index contributed by atoms with van der Waals surface area (Å²) in [6.07, 6.45) is -0.823. The van der Waals surface area contributed by atoms with Crippen molar-refractivity contribution in [1.82, 2.24) is 0 Å². The normalized spacial score (nSPS) is 23.8. The summed E-state index contributed by atoms with van der Waals surface area (Å²) in [5, 5.41) is 9.59. The zero-order chi connectivity index (χ0) is 14.2. The first-order valence-electron chi connectivity index (χ1n) is 6.13. The Morgan fingerprint density at radius 3 is 2.37 bits per heavy atom. The highest BCUT2D eigenvalue weighted by atomic mass is 16.5. The highest BCUT2D eigenvalue weighted by molar-refractivity contribution is 6.12. The highest BCUT2D eigenvalue weighted by Gasteiger charge is 2.52. The summed E-state index contributed by atoms with van der Waals surface area (Å²) in [5.41, 5.74) is 0.642. The van der Waals surface area contributed by atoms with Gasteiger partial charge in [-0.1, -0.05) is 0 Å². The van der Waals surface area contributed by atoms with Crippen molar-refractivity contribution in [2.24, 2.45) is 5.92 Å². The molecule has 0 radical (unpaired) electrons. The van der Waals surface area contributed by atoms with E-state index in [2.05, 4.69) is 0 Å². The van der Waals surface area contributed by atoms with Crippen molar-refractivity contribution in [3.8, 4) is 5.75 Å². The van der Waals surface area contributed by atoms with Gasteiger partial charge in [0.1, 0.15) is 11.8 Å². The van der Waals surface area contributed by atoms with Gasteiger partial charge >= 0.3 is 0 Å². The van der Waals surface area contributed by atoms with Gasteiger partial charge in [-0.15, -0.1) is 0 Å². The van der Waals surface area contributed by atoms with Crippen LogP contribution >= 0.6 is 0 Å². The lowest BCUT2D eigenvalue weighted by molar-refractivity contribution is -0.141. The van der Waals surface area contributed by atoms with E-state index in [9.17, 15) is 14.7 Å². The molecule has 3 atom stereocenters. The molecule has 0 bridgehead atoms. The molecule has 1 aliphatic rings. The third-order valence-corrected chi connectivity index (χ3v) is 3.43. The maximum atomic E-state index is 12.1. The van der Waals surface area contributed by atoms with Crippen molar-refractivity contribution in [3.05, 3.63) is 24.3 Å². The molecule has 1 aliphatic heterocycles. The van der Waals surface area contributed by atoms with Gasteiger partial charge in [0.2, 0.25) is 5.91 Å². The van der Waals surface area contributed by atoms with Gasteiger partial charge in [-0.2, -0.15) is 0 Å². The van der Waals surface area contributed by atoms with Gasteiger partial charge in [0.05, 0.1) is 19.1 Å². The molecule has 1 heterocycles. The summed E-state index contributed by atoms with van der Waals surface area (Å²) < 4.78 is 5.05. The van der Waals surface area contributed by atoms with E-state index in [-0.39, 0.29) is 11.7 Å². The number of aliphatic hydroxyl groups is 1. The predicted molar refractivity (Wildman–Crippen MR) is 70.1 cm³/mol. The fraction of sp³-hybridized carbons (Fsp3) is 0.429. The van der Waals surface area contributed by atoms with E-state index in [1.807, 2.05) is 0 Å². The molecule has 5 nitrogen and oxygen atoms in total. The van der Waals surface area contributed by atoms with E-state index in [0.29, 0.717) is 11.4 Å². The zero-order valence-electron chi connectivity index (χ0n) is 11.2. The molecular formula is C14H17NO4. The number of β-lactam (4-membered cyclic amide) rings is 1. The van der Waals surface area contributed by atoms with E-state index >= 15 is 0 Å². The predicted octanol–water partition coefficient (Wildman–Crippen LogP) is 0.996. The fourth-order valence-corrected chi connectivity index (χ4v) is 2.45. The van der Waals surface area contributed by atoms with Crippen molar-refractivity contribution < 1.29 is 19.4 Å². The molecule has 1 aromatic rings. The lowest BCUT2D eigenvalue weighted by Crippen LogP contribution is -2.67. The zero-order valence-corrected chi connectivity index (χ0v) is 11.2. The number of nitrogens with zero attached hydrogens (tertiary/aromatic N) is 1. The number of methoxy groups -OCH3 is 1. The van der Waals surface area contributed by atoms with Crippen LogP contribution in [0.5, 0.6) is 5.75 Å². The molecule has 0 aliphatic carbocycles. The average Bonchev–Trinajstić information content (AvgIpc) is 2.35. The van der Waals surface area contributed by atoms with Crippen LogP contribution in [0.4, 0.5) is 5.69 Å². The van der Waals surface area contributed by atoms with Crippen LogP contribution in [0.25, 0.3) is 0 Å². The Bertz CT molecular complexity index is 495. The SMILES string of the molecule is COc1ccc(N2C(=O)[C@@H](C(C)O)[C@@H]2C(C)=O)cc1. The Kier molecular flexibility index (Phi) is 3.57. The minimum Gasteiger partial charge on any atom is -0.497 e. The van der Waals surface area contributed by atoms with Gasteiger partial charge in [0.25, 0.3) is 0 Å². The molecule has 1 saturated heterocycles. The molecule has 0 saturated carbocycles. The van der Waals surface area contributed by atoms with Crippen LogP contribution in [0.3, 0.4) is 0 Å². The Hall–Kier alpha value is -1.88. The lowest BCUT2D eigenvalue weighted by atomic mass is 9.80. The summed E-state index contributed by atoms with van der Waals surface area (Å²) in [7, 11) is 1.56. The summed E-state index contributed by atoms with van der Waals surface area (Å²) in [6, 6.07) is 6.34. The monoisotopic (exact) mass is 263 g/mol. The summed E-state index contributed by atoms with van der Waals surface area (Å²) in [4.78, 5) is 25.1. The van der Waals surface area contributed by atoms with Gasteiger partial charge in [-0.3, -0.25) is 9.59 Å². The van der Waals surface area contributed by atoms with Crippen LogP contribution in [-0.2, 0) is 9.59 Å². The fourth-order valence-electron chi connectivity index (χ4n) is 2.45. The van der Waals surface area contributed by atoms with Gasteiger partial charge in [-0.25, -0.2) is 0 Å². The second-order valence-corrected chi connectivity index (χ2v) is 4.73. The third kappa shape index (κ3) is 2.21. The molecule has 102 valence electrons. The number of aliphatic hydroxyl groups excluding tert-OH is 1. The number of rotatable bonds is 4. The van der Waals surface area contributed by atoms with E-state index in [1.54, 1.807) is 31.4 Å². The Labute approximate surface area is 111 Å². The van der Waals surface area contributed by atoms with Crippen LogP contribution in [0.2, 0.25) is 0 Å². The molecule has 1 fully saturated rings. The second-order valence-electron chi connectivity index (χ2n) is 4.73. The van der Waals surface area contributed by atoms with E-state index in [1.165, 1.54) is 18.7 Å². The first-order chi connectivity index (χ1) is 8.97. The highest BCUT2D eigenvalue weighted by Crippen LogP contribution is 2.35. The Morgan fingerprint density at radius 1 is 1.37 bits per heavy atom. The van der Waals surface area contributed by atoms with Crippen molar-refractivity contribution >= 4 is 17.4 Å². The Balaban J connectivity index is 2.28. The maximum absolute atomic E-state index is 12.1. The van der Waals surface area contributed by atoms with E-state index in [4.69, 9.17) is 4.74 Å². The number of ketones is 1. The van der Waals surface area contributed by atoms with Crippen molar-refractivity contribution in [2.45, 2.75) is 26.0 Å². The van der Waals surface area contributed by atoms with Crippen LogP contribution in [0, 0.1) is 5.92 Å². The molecule has 1 unspecified atom stereocenters. The number of hydrogen-bond acceptors (Lipinski definition) is 4. The Morgan fingerprint density at radius 2 is 1.95 bits per heavy atom. The first-order valence-corrected chi connectivity index (χ1v) is 6.13. The third-order valence-electron chi connectivity index (χ3n) is 3.43. The van der Waals surface area contributed by atoms with E-state index < -0.39 is 18.1 Å². The number of amides is 1. The minimum absolute atomic E-state index is 0.124. The summed E-state index contributed by atoms with van der Waals surface area (Å²) in [5.74, 6) is -0.301. The summed E-state index contributed by atoms with van der Waals surface area (Å²) >= 11 is 0. The van der Waals surface area contributed by atoms with Crippen LogP contribution in [-0.4, -0.2) is 36.1 Å². The van der Waals surface area contributed by atoms with Gasteiger partial charge in [0, 0.05) is 5.69 Å². The molecule has 1 aromatic carbocycles. The number of ether oxygens (including phenoxy) is 1. The van der Waals surface area contributed by atoms with Crippen LogP contribution in [0.1, 0.15) is 13.8 Å². The molecule has 0 aromatic heterocycles. The first kappa shape index (κ1) is 13.5. The maximum Gasteiger partial charge on any atom is 0.235 e. The minimum atomic E-state index is -0.823. The number of Topliss-reactive ketones (excluding diaryl/α,β-unsaturated/α-hetero) is 1. The quantitative estimate of drug-likeness (QED) is 0.823. The molecular weight excluding hydrogens is 246 g/mol. The number of carbonyl (C=O) groups excluding carboxylic acids is 2. The number of anilines is 1. The molecule has 1 N–H and O–H groups in total. The number of carbonyl (C=O) groups is 2. The smallest absolute Gasteiger partial charge is 0.235 e. The molecule has 1 amide bonds. The molecule has 19 heavy (non-hydrogen) atoms. The van der Waals surface area contributed by atoms with Crippen molar-refractivity contribution in [2.75, 3.05) is 12.0 Å². The largest absolute Gasteiger partial charge is 0.497 e. The summed E-state index contributed by atoms with van der Waals surface area (Å²) in [6.45, 7) is 2.97. The second kappa shape index (κ2) is 5.01. The van der Waals surface area contributed by atoms with Crippen LogP contribution < -0.4 is 9.64 Å². The van der Waals surface area contributed by atoms with E-state index in [0.717, 1.165) is 0 Å². The number of hydrogen-bond donors (Lipinski definition) is 1. The van der Waals surface area contributed by atoms with Gasteiger partial charge in [-0.05, 0) is 38.1 Å². The van der Waals surface area contributed by atoms with Crippen molar-refractivity contribution in [3.63, 3.8) is 0 Å². The molecule has 5 heteroatoms. The van der Waals surface area contributed by atoms with Gasteiger partial charge < -0.3 is 14.7 Å². The lowest BCUT2D eigenvalue weighted by Gasteiger charge is -2.46.